The van der Waals surface area contributed by atoms with Crippen molar-refractivity contribution < 1.29 is 23.1 Å². The van der Waals surface area contributed by atoms with Crippen molar-refractivity contribution in [1.82, 2.24) is 0 Å². The number of ether oxygens (including phenoxy) is 1. The maximum absolute atomic E-state index is 14.1. The van der Waals surface area contributed by atoms with Crippen molar-refractivity contribution in [3.8, 4) is 0 Å². The molecule has 4 nitrogen and oxygen atoms in total. The van der Waals surface area contributed by atoms with Gasteiger partial charge < -0.3 is 10.1 Å². The summed E-state index contributed by atoms with van der Waals surface area (Å²) in [5.41, 5.74) is 2.00. The van der Waals surface area contributed by atoms with Crippen molar-refractivity contribution >= 4 is 28.2 Å². The molecule has 160 valence electrons. The van der Waals surface area contributed by atoms with Gasteiger partial charge in [0.05, 0.1) is 17.7 Å². The molecule has 0 fully saturated rings. The molecule has 1 amide bonds. The van der Waals surface area contributed by atoms with Gasteiger partial charge in [-0.1, -0.05) is 30.3 Å². The van der Waals surface area contributed by atoms with Crippen LogP contribution in [-0.2, 0) is 17.6 Å². The Hall–Kier alpha value is -3.06. The number of esters is 1. The number of anilines is 1. The van der Waals surface area contributed by atoms with Gasteiger partial charge in [0, 0.05) is 4.88 Å². The SMILES string of the molecule is CCOC(=O)c1c(NC(=O)c2cc(F)ccc2F)sc2c1CC[C@@H](c1ccccc1)C2. The van der Waals surface area contributed by atoms with Gasteiger partial charge in [0.1, 0.15) is 16.6 Å². The Kier molecular flexibility index (Phi) is 6.13. The zero-order chi connectivity index (χ0) is 22.0. The van der Waals surface area contributed by atoms with E-state index < -0.39 is 29.1 Å². The molecule has 4 rings (SSSR count). The van der Waals surface area contributed by atoms with Gasteiger partial charge in [0.25, 0.3) is 5.91 Å². The van der Waals surface area contributed by atoms with E-state index >= 15 is 0 Å². The quantitative estimate of drug-likeness (QED) is 0.515. The molecule has 1 heterocycles. The van der Waals surface area contributed by atoms with Gasteiger partial charge in [0.2, 0.25) is 0 Å². The zero-order valence-electron chi connectivity index (χ0n) is 16.9. The molecule has 0 radical (unpaired) electrons. The third kappa shape index (κ3) is 4.37. The minimum atomic E-state index is -0.831. The number of benzene rings is 2. The summed E-state index contributed by atoms with van der Waals surface area (Å²) < 4.78 is 32.8. The summed E-state index contributed by atoms with van der Waals surface area (Å²) in [7, 11) is 0. The van der Waals surface area contributed by atoms with Gasteiger partial charge in [-0.05, 0) is 61.4 Å². The van der Waals surface area contributed by atoms with Crippen LogP contribution >= 0.6 is 11.3 Å². The van der Waals surface area contributed by atoms with Crippen molar-refractivity contribution in [2.24, 2.45) is 0 Å². The molecule has 3 aromatic rings. The third-order valence-corrected chi connectivity index (χ3v) is 6.59. The lowest BCUT2D eigenvalue weighted by atomic mass is 9.83. The van der Waals surface area contributed by atoms with E-state index in [1.165, 1.54) is 16.9 Å². The molecule has 0 spiro atoms. The minimum absolute atomic E-state index is 0.196. The van der Waals surface area contributed by atoms with Crippen LogP contribution in [0.5, 0.6) is 0 Å². The smallest absolute Gasteiger partial charge is 0.341 e. The first-order chi connectivity index (χ1) is 15.0. The van der Waals surface area contributed by atoms with E-state index in [2.05, 4.69) is 17.4 Å². The predicted molar refractivity (Wildman–Crippen MR) is 116 cm³/mol. The van der Waals surface area contributed by atoms with Crippen LogP contribution in [-0.4, -0.2) is 18.5 Å². The highest BCUT2D eigenvalue weighted by molar-refractivity contribution is 7.17. The van der Waals surface area contributed by atoms with Crippen LogP contribution in [0, 0.1) is 11.6 Å². The van der Waals surface area contributed by atoms with E-state index in [1.54, 1.807) is 6.92 Å². The number of amides is 1. The van der Waals surface area contributed by atoms with Crippen molar-refractivity contribution in [2.45, 2.75) is 32.1 Å². The first-order valence-corrected chi connectivity index (χ1v) is 10.9. The summed E-state index contributed by atoms with van der Waals surface area (Å²) in [5, 5.41) is 2.93. The second-order valence-electron chi connectivity index (χ2n) is 7.36. The second-order valence-corrected chi connectivity index (χ2v) is 8.46. The van der Waals surface area contributed by atoms with Crippen LogP contribution in [0.15, 0.2) is 48.5 Å². The van der Waals surface area contributed by atoms with Gasteiger partial charge in [-0.2, -0.15) is 0 Å². The molecule has 0 saturated heterocycles. The van der Waals surface area contributed by atoms with Gasteiger partial charge in [-0.15, -0.1) is 11.3 Å². The highest BCUT2D eigenvalue weighted by Gasteiger charge is 2.31. The Morgan fingerprint density at radius 3 is 2.68 bits per heavy atom. The van der Waals surface area contributed by atoms with E-state index in [-0.39, 0.29) is 6.61 Å². The van der Waals surface area contributed by atoms with Gasteiger partial charge in [0.15, 0.2) is 0 Å². The largest absolute Gasteiger partial charge is 0.462 e. The normalized spacial score (nSPS) is 15.3. The Balaban J connectivity index is 1.68. The Labute approximate surface area is 182 Å². The zero-order valence-corrected chi connectivity index (χ0v) is 17.7. The molecule has 1 aliphatic carbocycles. The number of thiophene rings is 1. The molecule has 0 bridgehead atoms. The molecule has 31 heavy (non-hydrogen) atoms. The first kappa shape index (κ1) is 21.2. The molecule has 0 saturated carbocycles. The van der Waals surface area contributed by atoms with Crippen molar-refractivity contribution in [3.05, 3.63) is 87.3 Å². The van der Waals surface area contributed by atoms with E-state index in [0.717, 1.165) is 41.5 Å². The number of nitrogens with one attached hydrogen (secondary N) is 1. The summed E-state index contributed by atoms with van der Waals surface area (Å²) in [6.45, 7) is 1.91. The van der Waals surface area contributed by atoms with E-state index in [0.29, 0.717) is 22.9 Å². The fourth-order valence-corrected chi connectivity index (χ4v) is 5.26. The van der Waals surface area contributed by atoms with Crippen molar-refractivity contribution in [3.63, 3.8) is 0 Å². The Morgan fingerprint density at radius 2 is 1.94 bits per heavy atom. The molecule has 1 aliphatic rings. The lowest BCUT2D eigenvalue weighted by Crippen LogP contribution is -2.17. The number of carbonyl (C=O) groups excluding carboxylic acids is 2. The molecular formula is C24H21F2NO3S. The van der Waals surface area contributed by atoms with Crippen LogP contribution in [0.2, 0.25) is 0 Å². The van der Waals surface area contributed by atoms with Crippen molar-refractivity contribution in [2.75, 3.05) is 11.9 Å². The second kappa shape index (κ2) is 8.98. The standard InChI is InChI=1S/C24H21F2NO3S/c1-2-30-24(29)21-17-10-8-15(14-6-4-3-5-7-14)12-20(17)31-23(21)27-22(28)18-13-16(25)9-11-19(18)26/h3-7,9,11,13,15H,2,8,10,12H2,1H3,(H,27,28)/t15-/m1/s1. The monoisotopic (exact) mass is 441 g/mol. The summed E-state index contributed by atoms with van der Waals surface area (Å²) >= 11 is 1.30. The number of rotatable bonds is 5. The summed E-state index contributed by atoms with van der Waals surface area (Å²) in [5.74, 6) is -2.56. The maximum atomic E-state index is 14.1. The number of hydrogen-bond donors (Lipinski definition) is 1. The number of halogens is 2. The summed E-state index contributed by atoms with van der Waals surface area (Å²) in [4.78, 5) is 26.3. The molecule has 0 aliphatic heterocycles. The molecule has 1 N–H and O–H groups in total. The lowest BCUT2D eigenvalue weighted by molar-refractivity contribution is 0.0526. The number of fused-ring (bicyclic) bond motifs is 1. The van der Waals surface area contributed by atoms with Gasteiger partial charge in [-0.25, -0.2) is 13.6 Å². The van der Waals surface area contributed by atoms with E-state index in [1.807, 2.05) is 18.2 Å². The van der Waals surface area contributed by atoms with E-state index in [4.69, 9.17) is 4.74 Å². The molecular weight excluding hydrogens is 420 g/mol. The maximum Gasteiger partial charge on any atom is 0.341 e. The van der Waals surface area contributed by atoms with Gasteiger partial charge >= 0.3 is 5.97 Å². The van der Waals surface area contributed by atoms with Gasteiger partial charge in [-0.3, -0.25) is 4.79 Å². The molecule has 7 heteroatoms. The lowest BCUT2D eigenvalue weighted by Gasteiger charge is -2.23. The van der Waals surface area contributed by atoms with Crippen LogP contribution in [0.1, 0.15) is 56.0 Å². The number of carbonyl (C=O) groups is 2. The average molecular weight is 441 g/mol. The topological polar surface area (TPSA) is 55.4 Å². The molecule has 1 atom stereocenters. The van der Waals surface area contributed by atoms with Crippen LogP contribution in [0.3, 0.4) is 0 Å². The highest BCUT2D eigenvalue weighted by atomic mass is 32.1. The van der Waals surface area contributed by atoms with Crippen LogP contribution in [0.4, 0.5) is 13.8 Å². The molecule has 1 aromatic heterocycles. The molecule has 2 aromatic carbocycles. The predicted octanol–water partition coefficient (Wildman–Crippen LogP) is 5.73. The Morgan fingerprint density at radius 1 is 1.16 bits per heavy atom. The molecule has 0 unspecified atom stereocenters. The minimum Gasteiger partial charge on any atom is -0.462 e. The van der Waals surface area contributed by atoms with Crippen LogP contribution in [0.25, 0.3) is 0 Å². The van der Waals surface area contributed by atoms with Crippen LogP contribution < -0.4 is 5.32 Å². The fraction of sp³-hybridized carbons (Fsp3) is 0.250. The average Bonchev–Trinajstić information content (AvgIpc) is 3.13. The summed E-state index contributed by atoms with van der Waals surface area (Å²) in [6, 6.07) is 12.8. The Bertz CT molecular complexity index is 1130. The number of hydrogen-bond acceptors (Lipinski definition) is 4. The first-order valence-electron chi connectivity index (χ1n) is 10.1. The third-order valence-electron chi connectivity index (χ3n) is 5.42. The fourth-order valence-electron chi connectivity index (χ4n) is 3.94. The highest BCUT2D eigenvalue weighted by Crippen LogP contribution is 2.43. The summed E-state index contributed by atoms with van der Waals surface area (Å²) in [6.07, 6.45) is 2.27. The van der Waals surface area contributed by atoms with E-state index in [9.17, 15) is 18.4 Å². The van der Waals surface area contributed by atoms with Crippen molar-refractivity contribution in [1.29, 1.82) is 0 Å².